The van der Waals surface area contributed by atoms with Crippen molar-refractivity contribution in [3.05, 3.63) is 93.5 Å². The first-order valence-electron chi connectivity index (χ1n) is 12.4. The smallest absolute Gasteiger partial charge is 0.357 e. The van der Waals surface area contributed by atoms with E-state index in [2.05, 4.69) is 5.32 Å². The number of hydrogen-bond donors (Lipinski definition) is 1. The Morgan fingerprint density at radius 3 is 2.17 bits per heavy atom. The minimum Gasteiger partial charge on any atom is -0.357 e. The number of rotatable bonds is 10. The average Bonchev–Trinajstić information content (AvgIpc) is 2.92. The maximum Gasteiger partial charge on any atom is 0.417 e. The predicted molar refractivity (Wildman–Crippen MR) is 152 cm³/mol. The van der Waals surface area contributed by atoms with E-state index in [0.717, 1.165) is 22.6 Å². The third kappa shape index (κ3) is 7.52. The van der Waals surface area contributed by atoms with Gasteiger partial charge in [-0.05, 0) is 55.3 Å². The lowest BCUT2D eigenvalue weighted by Crippen LogP contribution is -2.51. The Balaban J connectivity index is 2.16. The zero-order valence-electron chi connectivity index (χ0n) is 22.4. The number of nitrogens with one attached hydrogen (secondary N) is 1. The molecule has 0 heterocycles. The van der Waals surface area contributed by atoms with E-state index in [1.807, 2.05) is 0 Å². The number of amides is 2. The van der Waals surface area contributed by atoms with Crippen molar-refractivity contribution >= 4 is 50.7 Å². The van der Waals surface area contributed by atoms with E-state index in [0.29, 0.717) is 21.0 Å². The van der Waals surface area contributed by atoms with Crippen molar-refractivity contribution in [1.82, 2.24) is 10.2 Å². The van der Waals surface area contributed by atoms with E-state index in [9.17, 15) is 31.2 Å². The molecule has 0 spiro atoms. The van der Waals surface area contributed by atoms with Crippen molar-refractivity contribution in [3.8, 4) is 0 Å². The third-order valence-corrected chi connectivity index (χ3v) is 8.85. The summed E-state index contributed by atoms with van der Waals surface area (Å²) in [4.78, 5) is 27.6. The van der Waals surface area contributed by atoms with Crippen LogP contribution in [-0.4, -0.2) is 44.8 Å². The second-order valence-corrected chi connectivity index (χ2v) is 11.8. The Morgan fingerprint density at radius 2 is 1.61 bits per heavy atom. The van der Waals surface area contributed by atoms with E-state index in [-0.39, 0.29) is 17.9 Å². The number of sulfonamides is 1. The van der Waals surface area contributed by atoms with Gasteiger partial charge in [-0.3, -0.25) is 13.9 Å². The van der Waals surface area contributed by atoms with Gasteiger partial charge < -0.3 is 10.2 Å². The summed E-state index contributed by atoms with van der Waals surface area (Å²) in [6.07, 6.45) is -4.72. The molecule has 7 nitrogen and oxygen atoms in total. The van der Waals surface area contributed by atoms with Crippen molar-refractivity contribution in [2.75, 3.05) is 17.9 Å². The molecule has 13 heteroatoms. The third-order valence-electron chi connectivity index (χ3n) is 6.36. The van der Waals surface area contributed by atoms with Crippen molar-refractivity contribution in [2.24, 2.45) is 0 Å². The number of halogens is 5. The zero-order valence-corrected chi connectivity index (χ0v) is 24.7. The van der Waals surface area contributed by atoms with Crippen LogP contribution in [0, 0.1) is 6.92 Å². The molecule has 2 amide bonds. The molecule has 0 aromatic heterocycles. The summed E-state index contributed by atoms with van der Waals surface area (Å²) >= 11 is 12.1. The Labute approximate surface area is 246 Å². The molecule has 220 valence electrons. The summed E-state index contributed by atoms with van der Waals surface area (Å²) in [5.41, 5.74) is -0.456. The number of carbonyl (C=O) groups excluding carboxylic acids is 2. The maximum absolute atomic E-state index is 13.9. The lowest BCUT2D eigenvalue weighted by atomic mass is 10.1. The molecule has 3 aromatic rings. The van der Waals surface area contributed by atoms with E-state index in [1.54, 1.807) is 38.1 Å². The number of carbonyl (C=O) groups is 2. The average molecular weight is 631 g/mol. The molecule has 3 aromatic carbocycles. The van der Waals surface area contributed by atoms with Crippen LogP contribution in [0.25, 0.3) is 0 Å². The topological polar surface area (TPSA) is 86.8 Å². The van der Waals surface area contributed by atoms with Crippen LogP contribution < -0.4 is 9.62 Å². The molecular weight excluding hydrogens is 602 g/mol. The van der Waals surface area contributed by atoms with Gasteiger partial charge in [0.2, 0.25) is 11.8 Å². The highest BCUT2D eigenvalue weighted by Crippen LogP contribution is 2.38. The highest BCUT2D eigenvalue weighted by molar-refractivity contribution is 7.92. The highest BCUT2D eigenvalue weighted by Gasteiger charge is 2.37. The largest absolute Gasteiger partial charge is 0.417 e. The fourth-order valence-corrected chi connectivity index (χ4v) is 5.97. The van der Waals surface area contributed by atoms with Gasteiger partial charge in [-0.15, -0.1) is 0 Å². The van der Waals surface area contributed by atoms with Crippen LogP contribution in [0.15, 0.2) is 71.6 Å². The van der Waals surface area contributed by atoms with Gasteiger partial charge >= 0.3 is 6.18 Å². The minimum atomic E-state index is -4.89. The van der Waals surface area contributed by atoms with Gasteiger partial charge in [-0.2, -0.15) is 13.2 Å². The molecule has 0 unspecified atom stereocenters. The van der Waals surface area contributed by atoms with Crippen LogP contribution in [0.5, 0.6) is 0 Å². The highest BCUT2D eigenvalue weighted by atomic mass is 35.5. The number of hydrogen-bond acceptors (Lipinski definition) is 4. The van der Waals surface area contributed by atoms with Gasteiger partial charge in [0.25, 0.3) is 10.0 Å². The summed E-state index contributed by atoms with van der Waals surface area (Å²) in [6, 6.07) is 13.8. The molecule has 0 bridgehead atoms. The number of nitrogens with zero attached hydrogens (tertiary/aromatic N) is 2. The summed E-state index contributed by atoms with van der Waals surface area (Å²) in [5, 5.41) is 2.17. The van der Waals surface area contributed by atoms with Gasteiger partial charge in [0, 0.05) is 18.6 Å². The van der Waals surface area contributed by atoms with Crippen LogP contribution >= 0.6 is 23.2 Å². The summed E-state index contributed by atoms with van der Waals surface area (Å²) in [7, 11) is -3.17. The van der Waals surface area contributed by atoms with Crippen molar-refractivity contribution < 1.29 is 31.2 Å². The molecule has 41 heavy (non-hydrogen) atoms. The van der Waals surface area contributed by atoms with E-state index < -0.39 is 56.9 Å². The van der Waals surface area contributed by atoms with Crippen molar-refractivity contribution in [3.63, 3.8) is 0 Å². The molecule has 3 rings (SSSR count). The molecule has 0 aliphatic heterocycles. The molecule has 0 aliphatic carbocycles. The Morgan fingerprint density at radius 1 is 0.976 bits per heavy atom. The van der Waals surface area contributed by atoms with E-state index >= 15 is 0 Å². The number of anilines is 1. The summed E-state index contributed by atoms with van der Waals surface area (Å²) in [5.74, 6) is -1.34. The predicted octanol–water partition coefficient (Wildman–Crippen LogP) is 6.07. The standard InChI is InChI=1S/C28H28Cl2F3N3O4S/c1-4-25(27(38)34-3)35(16-19-7-5-6-8-23(19)29)26(37)17-36(41(39,40)21-12-9-18(2)10-13-21)20-11-14-24(30)22(15-20)28(31,32)33/h5-15,25H,4,16-17H2,1-3H3,(H,34,38)/t25-/m0/s1. The maximum atomic E-state index is 13.9. The first kappa shape index (κ1) is 32.2. The molecule has 1 atom stereocenters. The normalized spacial score (nSPS) is 12.5. The SMILES string of the molecule is CC[C@@H](C(=O)NC)N(Cc1ccccc1Cl)C(=O)CN(c1ccc(Cl)c(C(F)(F)F)c1)S(=O)(=O)c1ccc(C)cc1. The van der Waals surface area contributed by atoms with Crippen LogP contribution in [0.2, 0.25) is 10.0 Å². The number of benzene rings is 3. The molecule has 0 saturated heterocycles. The minimum absolute atomic E-state index is 0.155. The van der Waals surface area contributed by atoms with Gasteiger partial charge in [0.1, 0.15) is 12.6 Å². The fraction of sp³-hybridized carbons (Fsp3) is 0.286. The number of alkyl halides is 3. The summed E-state index contributed by atoms with van der Waals surface area (Å²) < 4.78 is 69.4. The monoisotopic (exact) mass is 629 g/mol. The van der Waals surface area contributed by atoms with Gasteiger partial charge in [-0.25, -0.2) is 8.42 Å². The Kier molecular flexibility index (Phi) is 10.3. The first-order valence-corrected chi connectivity index (χ1v) is 14.6. The van der Waals surface area contributed by atoms with Crippen LogP contribution in [0.1, 0.15) is 30.0 Å². The molecule has 0 aliphatic rings. The molecule has 0 radical (unpaired) electrons. The number of aryl methyl sites for hydroxylation is 1. The molecule has 1 N–H and O–H groups in total. The van der Waals surface area contributed by atoms with Gasteiger partial charge in [-0.1, -0.05) is 66.0 Å². The van der Waals surface area contributed by atoms with Gasteiger partial charge in [0.15, 0.2) is 0 Å². The first-order chi connectivity index (χ1) is 19.2. The van der Waals surface area contributed by atoms with Crippen molar-refractivity contribution in [2.45, 2.75) is 43.9 Å². The lowest BCUT2D eigenvalue weighted by Gasteiger charge is -2.33. The zero-order chi connectivity index (χ0) is 30.5. The lowest BCUT2D eigenvalue weighted by molar-refractivity contribution is -0.140. The van der Waals surface area contributed by atoms with Crippen LogP contribution in [-0.2, 0) is 32.3 Å². The van der Waals surface area contributed by atoms with Crippen LogP contribution in [0.3, 0.4) is 0 Å². The quantitative estimate of drug-likeness (QED) is 0.295. The molecule has 0 saturated carbocycles. The summed E-state index contributed by atoms with van der Waals surface area (Å²) in [6.45, 7) is 2.34. The molecule has 0 fully saturated rings. The second kappa shape index (κ2) is 13.1. The van der Waals surface area contributed by atoms with Crippen molar-refractivity contribution in [1.29, 1.82) is 0 Å². The Hall–Kier alpha value is -3.28. The number of likely N-dealkylation sites (N-methyl/N-ethyl adjacent to an activating group) is 1. The van der Waals surface area contributed by atoms with E-state index in [4.69, 9.17) is 23.2 Å². The Bertz CT molecular complexity index is 1520. The van der Waals surface area contributed by atoms with E-state index in [1.165, 1.54) is 31.3 Å². The van der Waals surface area contributed by atoms with Crippen LogP contribution in [0.4, 0.5) is 18.9 Å². The second-order valence-electron chi connectivity index (χ2n) is 9.14. The fourth-order valence-electron chi connectivity index (χ4n) is 4.15. The molecular formula is C28H28Cl2F3N3O4S. The van der Waals surface area contributed by atoms with Gasteiger partial charge in [0.05, 0.1) is 21.2 Å².